The fraction of sp³-hybridized carbons (Fsp3) is 0.231. The highest BCUT2D eigenvalue weighted by molar-refractivity contribution is 6.09. The summed E-state index contributed by atoms with van der Waals surface area (Å²) >= 11 is 0. The number of benzene rings is 1. The number of imide groups is 1. The lowest BCUT2D eigenvalue weighted by atomic mass is 10.1. The number of carbonyl (C=O) groups excluding carboxylic acids is 2. The summed E-state index contributed by atoms with van der Waals surface area (Å²) in [5, 5.41) is 0. The molecule has 0 unspecified atom stereocenters. The Balaban J connectivity index is 2.90. The molecule has 0 fully saturated rings. The number of carbonyl (C=O) groups is 2. The molecule has 0 aliphatic carbocycles. The van der Waals surface area contributed by atoms with E-state index in [1.807, 2.05) is 19.1 Å². The zero-order valence-corrected chi connectivity index (χ0v) is 9.78. The van der Waals surface area contributed by atoms with Crippen LogP contribution in [0, 0.1) is 6.92 Å². The first-order chi connectivity index (χ1) is 7.43. The Bertz CT molecular complexity index is 432. The predicted octanol–water partition coefficient (Wildman–Crippen LogP) is 2.17. The summed E-state index contributed by atoms with van der Waals surface area (Å²) in [6.45, 7) is 7.05. The summed E-state index contributed by atoms with van der Waals surface area (Å²) in [5.74, 6) is -0.668. The third-order valence-corrected chi connectivity index (χ3v) is 2.27. The van der Waals surface area contributed by atoms with E-state index in [4.69, 9.17) is 0 Å². The van der Waals surface area contributed by atoms with Crippen LogP contribution >= 0.6 is 0 Å². The maximum Gasteiger partial charge on any atom is 0.260 e. The Morgan fingerprint density at radius 1 is 1.19 bits per heavy atom. The molecule has 1 rings (SSSR count). The summed E-state index contributed by atoms with van der Waals surface area (Å²) in [6.07, 6.45) is 0. The zero-order valence-electron chi connectivity index (χ0n) is 9.78. The van der Waals surface area contributed by atoms with Gasteiger partial charge in [-0.3, -0.25) is 14.5 Å². The van der Waals surface area contributed by atoms with Crippen molar-refractivity contribution in [2.75, 3.05) is 7.05 Å². The van der Waals surface area contributed by atoms with Crippen LogP contribution in [0.1, 0.15) is 22.8 Å². The van der Waals surface area contributed by atoms with Crippen molar-refractivity contribution in [1.82, 2.24) is 4.90 Å². The molecule has 0 aliphatic rings. The molecule has 16 heavy (non-hydrogen) atoms. The van der Waals surface area contributed by atoms with Crippen LogP contribution in [0.15, 0.2) is 36.4 Å². The number of likely N-dealkylation sites (N-methyl/N-ethyl adjacent to an activating group) is 1. The number of aryl methyl sites for hydroxylation is 1. The van der Waals surface area contributed by atoms with E-state index in [0.717, 1.165) is 10.5 Å². The molecule has 0 saturated carbocycles. The van der Waals surface area contributed by atoms with Crippen LogP contribution in [-0.2, 0) is 4.79 Å². The average Bonchev–Trinajstić information content (AvgIpc) is 2.27. The van der Waals surface area contributed by atoms with Crippen molar-refractivity contribution in [3.63, 3.8) is 0 Å². The molecular formula is C13H15NO2. The fourth-order valence-corrected chi connectivity index (χ4v) is 1.27. The van der Waals surface area contributed by atoms with Gasteiger partial charge in [-0.05, 0) is 26.0 Å². The van der Waals surface area contributed by atoms with Crippen LogP contribution < -0.4 is 0 Å². The van der Waals surface area contributed by atoms with E-state index in [9.17, 15) is 9.59 Å². The second-order valence-electron chi connectivity index (χ2n) is 3.82. The van der Waals surface area contributed by atoms with Crippen molar-refractivity contribution < 1.29 is 9.59 Å². The molecule has 1 aromatic rings. The van der Waals surface area contributed by atoms with Gasteiger partial charge in [0.15, 0.2) is 0 Å². The van der Waals surface area contributed by atoms with Gasteiger partial charge in [0.1, 0.15) is 0 Å². The summed E-state index contributed by atoms with van der Waals surface area (Å²) in [4.78, 5) is 24.5. The lowest BCUT2D eigenvalue weighted by Gasteiger charge is -2.15. The number of hydrogen-bond acceptors (Lipinski definition) is 2. The average molecular weight is 217 g/mol. The first kappa shape index (κ1) is 12.2. The van der Waals surface area contributed by atoms with E-state index in [-0.39, 0.29) is 11.8 Å². The van der Waals surface area contributed by atoms with Crippen molar-refractivity contribution in [3.05, 3.63) is 47.5 Å². The van der Waals surface area contributed by atoms with Crippen molar-refractivity contribution in [3.8, 4) is 0 Å². The summed E-state index contributed by atoms with van der Waals surface area (Å²) in [6, 6.07) is 7.10. The van der Waals surface area contributed by atoms with Crippen molar-refractivity contribution in [2.45, 2.75) is 13.8 Å². The van der Waals surface area contributed by atoms with E-state index in [0.29, 0.717) is 11.1 Å². The first-order valence-electron chi connectivity index (χ1n) is 4.98. The van der Waals surface area contributed by atoms with E-state index in [1.165, 1.54) is 7.05 Å². The molecule has 0 bridgehead atoms. The molecule has 1 aromatic carbocycles. The van der Waals surface area contributed by atoms with E-state index in [1.54, 1.807) is 19.1 Å². The Hall–Kier alpha value is -1.90. The van der Waals surface area contributed by atoms with Crippen molar-refractivity contribution >= 4 is 11.8 Å². The summed E-state index contributed by atoms with van der Waals surface area (Å²) < 4.78 is 0. The standard InChI is InChI=1S/C13H15NO2/c1-9(2)12(15)14(4)13(16)11-7-5-10(3)6-8-11/h5-8H,1H2,2-4H3. The minimum atomic E-state index is -0.356. The van der Waals surface area contributed by atoms with Crippen LogP contribution in [0.5, 0.6) is 0 Å². The van der Waals surface area contributed by atoms with Crippen LogP contribution in [0.2, 0.25) is 0 Å². The highest BCUT2D eigenvalue weighted by Crippen LogP contribution is 2.07. The quantitative estimate of drug-likeness (QED) is 0.712. The van der Waals surface area contributed by atoms with Gasteiger partial charge in [0.25, 0.3) is 11.8 Å². The third-order valence-electron chi connectivity index (χ3n) is 2.27. The van der Waals surface area contributed by atoms with E-state index >= 15 is 0 Å². The van der Waals surface area contributed by atoms with Crippen LogP contribution in [0.3, 0.4) is 0 Å². The van der Waals surface area contributed by atoms with Crippen LogP contribution in [0.4, 0.5) is 0 Å². The number of rotatable bonds is 2. The molecule has 84 valence electrons. The van der Waals surface area contributed by atoms with Gasteiger partial charge in [0.05, 0.1) is 0 Å². The second kappa shape index (κ2) is 4.75. The topological polar surface area (TPSA) is 37.4 Å². The minimum absolute atomic E-state index is 0.312. The van der Waals surface area contributed by atoms with Gasteiger partial charge in [0.2, 0.25) is 0 Å². The molecule has 3 nitrogen and oxygen atoms in total. The fourth-order valence-electron chi connectivity index (χ4n) is 1.27. The smallest absolute Gasteiger partial charge is 0.260 e. The molecule has 0 N–H and O–H groups in total. The van der Waals surface area contributed by atoms with Gasteiger partial charge in [0, 0.05) is 18.2 Å². The number of hydrogen-bond donors (Lipinski definition) is 0. The maximum absolute atomic E-state index is 11.9. The predicted molar refractivity (Wildman–Crippen MR) is 63.1 cm³/mol. The van der Waals surface area contributed by atoms with Crippen molar-refractivity contribution in [1.29, 1.82) is 0 Å². The Morgan fingerprint density at radius 3 is 2.12 bits per heavy atom. The molecule has 0 radical (unpaired) electrons. The molecule has 2 amide bonds. The Labute approximate surface area is 95.4 Å². The molecule has 0 heterocycles. The van der Waals surface area contributed by atoms with Gasteiger partial charge < -0.3 is 0 Å². The lowest BCUT2D eigenvalue weighted by molar-refractivity contribution is -0.123. The molecular weight excluding hydrogens is 202 g/mol. The monoisotopic (exact) mass is 217 g/mol. The minimum Gasteiger partial charge on any atom is -0.278 e. The van der Waals surface area contributed by atoms with Gasteiger partial charge in [-0.15, -0.1) is 0 Å². The Kier molecular flexibility index (Phi) is 3.61. The molecule has 0 aromatic heterocycles. The van der Waals surface area contributed by atoms with Crippen LogP contribution in [-0.4, -0.2) is 23.8 Å². The van der Waals surface area contributed by atoms with Crippen molar-refractivity contribution in [2.24, 2.45) is 0 Å². The zero-order chi connectivity index (χ0) is 12.3. The van der Waals surface area contributed by atoms with Gasteiger partial charge in [-0.2, -0.15) is 0 Å². The highest BCUT2D eigenvalue weighted by atomic mass is 16.2. The SMILES string of the molecule is C=C(C)C(=O)N(C)C(=O)c1ccc(C)cc1. The maximum atomic E-state index is 11.9. The molecule has 3 heteroatoms. The highest BCUT2D eigenvalue weighted by Gasteiger charge is 2.18. The Morgan fingerprint density at radius 2 is 1.69 bits per heavy atom. The second-order valence-corrected chi connectivity index (χ2v) is 3.82. The first-order valence-corrected chi connectivity index (χ1v) is 4.98. The van der Waals surface area contributed by atoms with Gasteiger partial charge in [-0.25, -0.2) is 0 Å². The molecule has 0 spiro atoms. The largest absolute Gasteiger partial charge is 0.278 e. The summed E-state index contributed by atoms with van der Waals surface area (Å²) in [7, 11) is 1.46. The van der Waals surface area contributed by atoms with E-state index in [2.05, 4.69) is 6.58 Å². The van der Waals surface area contributed by atoms with Crippen LogP contribution in [0.25, 0.3) is 0 Å². The van der Waals surface area contributed by atoms with Gasteiger partial charge >= 0.3 is 0 Å². The lowest BCUT2D eigenvalue weighted by Crippen LogP contribution is -2.33. The number of amides is 2. The molecule has 0 aliphatic heterocycles. The third kappa shape index (κ3) is 2.57. The summed E-state index contributed by atoms with van der Waals surface area (Å²) in [5.41, 5.74) is 1.93. The molecule has 0 atom stereocenters. The number of nitrogens with zero attached hydrogens (tertiary/aromatic N) is 1. The normalized spacial score (nSPS) is 9.69. The van der Waals surface area contributed by atoms with Gasteiger partial charge in [-0.1, -0.05) is 24.3 Å². The molecule has 0 saturated heterocycles. The van der Waals surface area contributed by atoms with E-state index < -0.39 is 0 Å².